The fourth-order valence-electron chi connectivity index (χ4n) is 3.68. The fraction of sp³-hybridized carbons (Fsp3) is 0.722. The summed E-state index contributed by atoms with van der Waals surface area (Å²) in [4.78, 5) is 17.0. The molecule has 1 aromatic rings. The number of hydrogen-bond donors (Lipinski definition) is 1. The molecule has 0 bridgehead atoms. The van der Waals surface area contributed by atoms with Gasteiger partial charge in [0.15, 0.2) is 0 Å². The molecule has 1 N–H and O–H groups in total. The van der Waals surface area contributed by atoms with Gasteiger partial charge >= 0.3 is 0 Å². The zero-order valence-electron chi connectivity index (χ0n) is 15.6. The maximum atomic E-state index is 13.0. The maximum Gasteiger partial charge on any atom is 0.255 e. The standard InChI is InChI=1S/C18H31N3O3/c1-13-9-16(14(2)21(13)7-6-8-24-5)18(23)20-10-15(12-22)17(11-20)19(3)4/h9,15,17,22H,6-8,10-12H2,1-5H3/t15-,17+/m0/s1. The third-order valence-electron chi connectivity index (χ3n) is 5.13. The van der Waals surface area contributed by atoms with Crippen LogP contribution in [0.4, 0.5) is 0 Å². The van der Waals surface area contributed by atoms with Crippen molar-refractivity contribution in [2.75, 3.05) is 47.5 Å². The summed E-state index contributed by atoms with van der Waals surface area (Å²) in [7, 11) is 5.71. The molecule has 1 fully saturated rings. The predicted octanol–water partition coefficient (Wildman–Crippen LogP) is 1.14. The van der Waals surface area contributed by atoms with E-state index in [-0.39, 0.29) is 24.5 Å². The Kier molecular flexibility index (Phi) is 6.43. The number of ether oxygens (including phenoxy) is 1. The number of methoxy groups -OCH3 is 1. The van der Waals surface area contributed by atoms with E-state index in [1.54, 1.807) is 7.11 Å². The molecule has 1 aromatic heterocycles. The molecule has 0 saturated carbocycles. The quantitative estimate of drug-likeness (QED) is 0.758. The van der Waals surface area contributed by atoms with Crippen LogP contribution >= 0.6 is 0 Å². The van der Waals surface area contributed by atoms with E-state index >= 15 is 0 Å². The first-order valence-electron chi connectivity index (χ1n) is 8.62. The van der Waals surface area contributed by atoms with E-state index in [0.29, 0.717) is 13.1 Å². The van der Waals surface area contributed by atoms with Crippen molar-refractivity contribution in [2.45, 2.75) is 32.9 Å². The Morgan fingerprint density at radius 3 is 2.62 bits per heavy atom. The van der Waals surface area contributed by atoms with Gasteiger partial charge in [0.1, 0.15) is 0 Å². The Balaban J connectivity index is 2.14. The summed E-state index contributed by atoms with van der Waals surface area (Å²) in [5.41, 5.74) is 2.90. The summed E-state index contributed by atoms with van der Waals surface area (Å²) in [6, 6.07) is 2.20. The second-order valence-electron chi connectivity index (χ2n) is 6.97. The van der Waals surface area contributed by atoms with Crippen LogP contribution in [0.25, 0.3) is 0 Å². The van der Waals surface area contributed by atoms with Crippen LogP contribution in [0.2, 0.25) is 0 Å². The number of likely N-dealkylation sites (N-methyl/N-ethyl adjacent to an activating group) is 1. The molecule has 24 heavy (non-hydrogen) atoms. The van der Waals surface area contributed by atoms with Gasteiger partial charge in [-0.3, -0.25) is 4.79 Å². The monoisotopic (exact) mass is 337 g/mol. The Morgan fingerprint density at radius 2 is 2.08 bits per heavy atom. The van der Waals surface area contributed by atoms with Crippen LogP contribution in [0.1, 0.15) is 28.2 Å². The number of carbonyl (C=O) groups is 1. The van der Waals surface area contributed by atoms with Gasteiger partial charge in [-0.2, -0.15) is 0 Å². The lowest BCUT2D eigenvalue weighted by atomic mass is 10.0. The first-order chi connectivity index (χ1) is 11.4. The molecule has 136 valence electrons. The van der Waals surface area contributed by atoms with Crippen molar-refractivity contribution in [1.82, 2.24) is 14.4 Å². The number of aliphatic hydroxyl groups is 1. The van der Waals surface area contributed by atoms with E-state index < -0.39 is 0 Å². The third kappa shape index (κ3) is 3.82. The van der Waals surface area contributed by atoms with E-state index in [1.165, 1.54) is 0 Å². The van der Waals surface area contributed by atoms with Crippen molar-refractivity contribution in [3.8, 4) is 0 Å². The lowest BCUT2D eigenvalue weighted by molar-refractivity contribution is 0.0778. The van der Waals surface area contributed by atoms with Crippen molar-refractivity contribution >= 4 is 5.91 Å². The summed E-state index contributed by atoms with van der Waals surface area (Å²) in [6.07, 6.45) is 0.930. The number of aliphatic hydroxyl groups excluding tert-OH is 1. The van der Waals surface area contributed by atoms with E-state index in [2.05, 4.69) is 9.47 Å². The van der Waals surface area contributed by atoms with Gasteiger partial charge in [-0.1, -0.05) is 0 Å². The number of aromatic nitrogens is 1. The smallest absolute Gasteiger partial charge is 0.255 e. The van der Waals surface area contributed by atoms with Gasteiger partial charge < -0.3 is 24.2 Å². The Morgan fingerprint density at radius 1 is 1.38 bits per heavy atom. The van der Waals surface area contributed by atoms with Crippen LogP contribution in [-0.2, 0) is 11.3 Å². The minimum atomic E-state index is 0.0730. The number of nitrogens with zero attached hydrogens (tertiary/aromatic N) is 3. The number of amides is 1. The van der Waals surface area contributed by atoms with Crippen LogP contribution in [0.15, 0.2) is 6.07 Å². The molecule has 0 aromatic carbocycles. The van der Waals surface area contributed by atoms with E-state index in [9.17, 15) is 9.90 Å². The molecule has 1 aliphatic rings. The summed E-state index contributed by atoms with van der Waals surface area (Å²) in [5, 5.41) is 9.60. The Hall–Kier alpha value is -1.37. The number of aryl methyl sites for hydroxylation is 1. The number of likely N-dealkylation sites (tertiary alicyclic amines) is 1. The van der Waals surface area contributed by atoms with Crippen molar-refractivity contribution in [1.29, 1.82) is 0 Å². The second-order valence-corrected chi connectivity index (χ2v) is 6.97. The van der Waals surface area contributed by atoms with E-state index in [0.717, 1.165) is 36.5 Å². The molecular formula is C18H31N3O3. The highest BCUT2D eigenvalue weighted by molar-refractivity contribution is 5.96. The molecular weight excluding hydrogens is 306 g/mol. The molecule has 2 heterocycles. The first kappa shape index (κ1) is 19.0. The van der Waals surface area contributed by atoms with Gasteiger partial charge in [0.25, 0.3) is 5.91 Å². The lowest BCUT2D eigenvalue weighted by Crippen LogP contribution is -2.37. The van der Waals surface area contributed by atoms with Crippen molar-refractivity contribution < 1.29 is 14.6 Å². The van der Waals surface area contributed by atoms with E-state index in [1.807, 2.05) is 38.9 Å². The SMILES string of the molecule is COCCCn1c(C)cc(C(=O)N2C[C@@H](CO)[C@H](N(C)C)C2)c1C. The fourth-order valence-corrected chi connectivity index (χ4v) is 3.68. The normalized spacial score (nSPS) is 21.0. The van der Waals surface area contributed by atoms with E-state index in [4.69, 9.17) is 4.74 Å². The third-order valence-corrected chi connectivity index (χ3v) is 5.13. The number of hydrogen-bond acceptors (Lipinski definition) is 4. The van der Waals surface area contributed by atoms with Crippen LogP contribution < -0.4 is 0 Å². The van der Waals surface area contributed by atoms with Crippen LogP contribution in [0.5, 0.6) is 0 Å². The molecule has 2 rings (SSSR count). The van der Waals surface area contributed by atoms with Crippen molar-refractivity contribution in [3.63, 3.8) is 0 Å². The molecule has 0 spiro atoms. The zero-order chi connectivity index (χ0) is 17.9. The average Bonchev–Trinajstić information content (AvgIpc) is 3.10. The summed E-state index contributed by atoms with van der Waals surface area (Å²) >= 11 is 0. The Bertz CT molecular complexity index is 568. The molecule has 0 unspecified atom stereocenters. The van der Waals surface area contributed by atoms with Crippen LogP contribution in [0, 0.1) is 19.8 Å². The molecule has 1 saturated heterocycles. The van der Waals surface area contributed by atoms with Gasteiger partial charge in [-0.25, -0.2) is 0 Å². The number of rotatable bonds is 7. The van der Waals surface area contributed by atoms with Crippen LogP contribution in [-0.4, -0.2) is 78.9 Å². The van der Waals surface area contributed by atoms with Gasteiger partial charge in [0.2, 0.25) is 0 Å². The summed E-state index contributed by atoms with van der Waals surface area (Å²) in [6.45, 7) is 7.03. The highest BCUT2D eigenvalue weighted by Gasteiger charge is 2.37. The predicted molar refractivity (Wildman–Crippen MR) is 94.4 cm³/mol. The van der Waals surface area contributed by atoms with Crippen molar-refractivity contribution in [3.05, 3.63) is 23.0 Å². The van der Waals surface area contributed by atoms with Crippen molar-refractivity contribution in [2.24, 2.45) is 5.92 Å². The minimum absolute atomic E-state index is 0.0730. The molecule has 1 amide bonds. The molecule has 2 atom stereocenters. The molecule has 6 nitrogen and oxygen atoms in total. The first-order valence-corrected chi connectivity index (χ1v) is 8.62. The van der Waals surface area contributed by atoms with Gasteiger partial charge in [0.05, 0.1) is 5.56 Å². The molecule has 0 aliphatic carbocycles. The summed E-state index contributed by atoms with van der Waals surface area (Å²) < 4.78 is 7.31. The summed E-state index contributed by atoms with van der Waals surface area (Å²) in [5.74, 6) is 0.193. The lowest BCUT2D eigenvalue weighted by Gasteiger charge is -2.23. The second kappa shape index (κ2) is 8.14. The van der Waals surface area contributed by atoms with Gasteiger partial charge in [0, 0.05) is 63.3 Å². The zero-order valence-corrected chi connectivity index (χ0v) is 15.6. The topological polar surface area (TPSA) is 57.9 Å². The van der Waals surface area contributed by atoms with Gasteiger partial charge in [-0.05, 0) is 40.4 Å². The molecule has 1 aliphatic heterocycles. The largest absolute Gasteiger partial charge is 0.396 e. The maximum absolute atomic E-state index is 13.0. The average molecular weight is 337 g/mol. The highest BCUT2D eigenvalue weighted by atomic mass is 16.5. The Labute approximate surface area is 145 Å². The molecule has 0 radical (unpaired) electrons. The minimum Gasteiger partial charge on any atom is -0.396 e. The highest BCUT2D eigenvalue weighted by Crippen LogP contribution is 2.24. The number of carbonyl (C=O) groups excluding carboxylic acids is 1. The molecule has 6 heteroatoms. The van der Waals surface area contributed by atoms with Crippen LogP contribution in [0.3, 0.4) is 0 Å². The van der Waals surface area contributed by atoms with Gasteiger partial charge in [-0.15, -0.1) is 0 Å².